The molecule has 0 heterocycles. The van der Waals surface area contributed by atoms with E-state index in [1.54, 1.807) is 0 Å². The number of nitrogens with zero attached hydrogens (tertiary/aromatic N) is 2. The van der Waals surface area contributed by atoms with Crippen molar-refractivity contribution in [3.05, 3.63) is 0 Å². The third-order valence-electron chi connectivity index (χ3n) is 2.83. The Morgan fingerprint density at radius 1 is 1.25 bits per heavy atom. The molecule has 16 heavy (non-hydrogen) atoms. The van der Waals surface area contributed by atoms with Crippen LogP contribution in [-0.4, -0.2) is 60.6 Å². The summed E-state index contributed by atoms with van der Waals surface area (Å²) in [6.07, 6.45) is 0.998. The van der Waals surface area contributed by atoms with Gasteiger partial charge in [-0.05, 0) is 26.4 Å². The lowest BCUT2D eigenvalue weighted by Gasteiger charge is -2.33. The molecule has 0 spiro atoms. The van der Waals surface area contributed by atoms with E-state index in [0.29, 0.717) is 12.0 Å². The Hall–Kier alpha value is -0.610. The summed E-state index contributed by atoms with van der Waals surface area (Å²) in [5.74, 6) is -0.246. The molecule has 0 bridgehead atoms. The Bertz CT molecular complexity index is 205. The molecule has 0 aromatic heterocycles. The normalized spacial score (nSPS) is 13.8. The van der Waals surface area contributed by atoms with Crippen LogP contribution in [0.1, 0.15) is 27.2 Å². The molecule has 0 radical (unpaired) electrons. The fraction of sp³-hybridized carbons (Fsp3) is 0.917. The van der Waals surface area contributed by atoms with Gasteiger partial charge in [0.1, 0.15) is 0 Å². The summed E-state index contributed by atoms with van der Waals surface area (Å²) in [6, 6.07) is 0.357. The molecule has 0 amide bonds. The molecule has 0 aromatic carbocycles. The predicted molar refractivity (Wildman–Crippen MR) is 66.7 cm³/mol. The maximum Gasteiger partial charge on any atom is 0.317 e. The van der Waals surface area contributed by atoms with Crippen molar-refractivity contribution in [2.75, 3.05) is 33.7 Å². The second-order valence-electron chi connectivity index (χ2n) is 4.89. The Kier molecular flexibility index (Phi) is 7.34. The Labute approximate surface area is 99.2 Å². The zero-order valence-electron chi connectivity index (χ0n) is 11.2. The van der Waals surface area contributed by atoms with Gasteiger partial charge in [0.15, 0.2) is 0 Å². The lowest BCUT2D eigenvalue weighted by atomic mass is 10.00. The van der Waals surface area contributed by atoms with Gasteiger partial charge in [-0.25, -0.2) is 0 Å². The Morgan fingerprint density at radius 3 is 2.12 bits per heavy atom. The molecule has 4 heteroatoms. The molecular formula is C12H26N2O2. The van der Waals surface area contributed by atoms with Gasteiger partial charge in [0, 0.05) is 19.1 Å². The van der Waals surface area contributed by atoms with Crippen molar-refractivity contribution >= 4 is 5.97 Å². The maximum atomic E-state index is 10.8. The lowest BCUT2D eigenvalue weighted by molar-refractivity contribution is -0.139. The van der Waals surface area contributed by atoms with Crippen LogP contribution in [0.15, 0.2) is 0 Å². The number of hydrogen-bond donors (Lipinski definition) is 1. The van der Waals surface area contributed by atoms with Crippen LogP contribution in [0.2, 0.25) is 0 Å². The average molecular weight is 230 g/mol. The van der Waals surface area contributed by atoms with E-state index in [1.165, 1.54) is 0 Å². The van der Waals surface area contributed by atoms with Crippen molar-refractivity contribution in [1.82, 2.24) is 9.80 Å². The van der Waals surface area contributed by atoms with Crippen molar-refractivity contribution in [2.45, 2.75) is 33.2 Å². The summed E-state index contributed by atoms with van der Waals surface area (Å²) < 4.78 is 0. The highest BCUT2D eigenvalue weighted by Gasteiger charge is 2.21. The first-order valence-electron chi connectivity index (χ1n) is 5.99. The first kappa shape index (κ1) is 15.4. The topological polar surface area (TPSA) is 43.8 Å². The molecule has 96 valence electrons. The van der Waals surface area contributed by atoms with Gasteiger partial charge in [0.25, 0.3) is 0 Å². The van der Waals surface area contributed by atoms with Crippen LogP contribution in [0.3, 0.4) is 0 Å². The van der Waals surface area contributed by atoms with Gasteiger partial charge in [0.2, 0.25) is 0 Å². The van der Waals surface area contributed by atoms with Gasteiger partial charge in [-0.1, -0.05) is 20.8 Å². The lowest BCUT2D eigenvalue weighted by Crippen LogP contribution is -2.44. The molecule has 0 aliphatic heterocycles. The van der Waals surface area contributed by atoms with Crippen LogP contribution >= 0.6 is 0 Å². The minimum Gasteiger partial charge on any atom is -0.480 e. The molecule has 0 aliphatic rings. The fourth-order valence-electron chi connectivity index (χ4n) is 2.02. The summed E-state index contributed by atoms with van der Waals surface area (Å²) in [4.78, 5) is 15.0. The molecule has 1 unspecified atom stereocenters. The van der Waals surface area contributed by atoms with Gasteiger partial charge in [-0.15, -0.1) is 0 Å². The molecule has 0 aromatic rings. The SMILES string of the molecule is CCC(C(C)C)N(CCN(C)C)CC(=O)O. The summed E-state index contributed by atoms with van der Waals surface area (Å²) in [5, 5.41) is 8.92. The predicted octanol–water partition coefficient (Wildman–Crippen LogP) is 1.37. The van der Waals surface area contributed by atoms with E-state index in [-0.39, 0.29) is 6.54 Å². The maximum absolute atomic E-state index is 10.8. The summed E-state index contributed by atoms with van der Waals surface area (Å²) in [7, 11) is 4.02. The van der Waals surface area contributed by atoms with Gasteiger partial charge >= 0.3 is 5.97 Å². The molecule has 0 rings (SSSR count). The first-order valence-corrected chi connectivity index (χ1v) is 5.99. The van der Waals surface area contributed by atoms with Crippen LogP contribution in [0, 0.1) is 5.92 Å². The van der Waals surface area contributed by atoms with E-state index >= 15 is 0 Å². The molecule has 1 atom stereocenters. The van der Waals surface area contributed by atoms with Crippen molar-refractivity contribution < 1.29 is 9.90 Å². The molecular weight excluding hydrogens is 204 g/mol. The van der Waals surface area contributed by atoms with Gasteiger partial charge < -0.3 is 10.0 Å². The highest BCUT2D eigenvalue weighted by Crippen LogP contribution is 2.14. The van der Waals surface area contributed by atoms with Gasteiger partial charge in [-0.3, -0.25) is 9.69 Å². The number of carbonyl (C=O) groups is 1. The smallest absolute Gasteiger partial charge is 0.317 e. The monoisotopic (exact) mass is 230 g/mol. The minimum atomic E-state index is -0.738. The fourth-order valence-corrected chi connectivity index (χ4v) is 2.02. The van der Waals surface area contributed by atoms with Crippen LogP contribution < -0.4 is 0 Å². The molecule has 4 nitrogen and oxygen atoms in total. The molecule has 0 saturated carbocycles. The Morgan fingerprint density at radius 2 is 1.81 bits per heavy atom. The van der Waals surface area contributed by atoms with Crippen molar-refractivity contribution in [2.24, 2.45) is 5.92 Å². The number of rotatable bonds is 8. The summed E-state index contributed by atoms with van der Waals surface area (Å²) >= 11 is 0. The number of aliphatic carboxylic acids is 1. The first-order chi connectivity index (χ1) is 7.38. The number of carboxylic acids is 1. The number of hydrogen-bond acceptors (Lipinski definition) is 3. The van der Waals surface area contributed by atoms with E-state index in [9.17, 15) is 4.79 Å². The zero-order chi connectivity index (χ0) is 12.7. The third kappa shape index (κ3) is 6.08. The van der Waals surface area contributed by atoms with E-state index in [4.69, 9.17) is 5.11 Å². The van der Waals surface area contributed by atoms with Gasteiger partial charge in [-0.2, -0.15) is 0 Å². The average Bonchev–Trinajstić information content (AvgIpc) is 2.13. The third-order valence-corrected chi connectivity index (χ3v) is 2.83. The minimum absolute atomic E-state index is 0.143. The second kappa shape index (κ2) is 7.63. The molecule has 0 aliphatic carbocycles. The van der Waals surface area contributed by atoms with E-state index in [2.05, 4.69) is 30.6 Å². The van der Waals surface area contributed by atoms with E-state index < -0.39 is 5.97 Å². The van der Waals surface area contributed by atoms with Crippen LogP contribution in [0.5, 0.6) is 0 Å². The number of carboxylic acid groups (broad SMARTS) is 1. The van der Waals surface area contributed by atoms with E-state index in [1.807, 2.05) is 14.1 Å². The summed E-state index contributed by atoms with van der Waals surface area (Å²) in [5.41, 5.74) is 0. The highest BCUT2D eigenvalue weighted by atomic mass is 16.4. The zero-order valence-corrected chi connectivity index (χ0v) is 11.2. The molecule has 0 saturated heterocycles. The second-order valence-corrected chi connectivity index (χ2v) is 4.89. The largest absolute Gasteiger partial charge is 0.480 e. The standard InChI is InChI=1S/C12H26N2O2/c1-6-11(10(2)3)14(9-12(15)16)8-7-13(4)5/h10-11H,6-9H2,1-5H3,(H,15,16). The van der Waals surface area contributed by atoms with Crippen molar-refractivity contribution in [1.29, 1.82) is 0 Å². The van der Waals surface area contributed by atoms with Crippen LogP contribution in [0.4, 0.5) is 0 Å². The highest BCUT2D eigenvalue weighted by molar-refractivity contribution is 5.69. The van der Waals surface area contributed by atoms with Gasteiger partial charge in [0.05, 0.1) is 6.54 Å². The van der Waals surface area contributed by atoms with Crippen LogP contribution in [0.25, 0.3) is 0 Å². The molecule has 0 fully saturated rings. The Balaban J connectivity index is 4.43. The van der Waals surface area contributed by atoms with Crippen molar-refractivity contribution in [3.63, 3.8) is 0 Å². The quantitative estimate of drug-likeness (QED) is 0.684. The summed E-state index contributed by atoms with van der Waals surface area (Å²) in [6.45, 7) is 8.28. The van der Waals surface area contributed by atoms with Crippen LogP contribution in [-0.2, 0) is 4.79 Å². The van der Waals surface area contributed by atoms with Crippen molar-refractivity contribution in [3.8, 4) is 0 Å². The number of likely N-dealkylation sites (N-methyl/N-ethyl adjacent to an activating group) is 1. The van der Waals surface area contributed by atoms with E-state index in [0.717, 1.165) is 19.5 Å². The molecule has 1 N–H and O–H groups in total.